The zero-order valence-corrected chi connectivity index (χ0v) is 13.3. The normalized spacial score (nSPS) is 23.2. The maximum absolute atomic E-state index is 12.5. The number of rotatable bonds is 1. The molecule has 2 amide bonds. The maximum atomic E-state index is 12.5. The molecule has 2 saturated heterocycles. The van der Waals surface area contributed by atoms with Crippen LogP contribution in [0.2, 0.25) is 0 Å². The van der Waals surface area contributed by atoms with E-state index in [1.54, 1.807) is 11.0 Å². The predicted molar refractivity (Wildman–Crippen MR) is 86.9 cm³/mol. The Bertz CT molecular complexity index is 824. The van der Waals surface area contributed by atoms with Crippen LogP contribution in [-0.4, -0.2) is 34.3 Å². The highest BCUT2D eigenvalue weighted by Crippen LogP contribution is 2.27. The van der Waals surface area contributed by atoms with E-state index in [9.17, 15) is 9.59 Å². The molecule has 2 fully saturated rings. The van der Waals surface area contributed by atoms with E-state index in [0.717, 1.165) is 33.8 Å². The van der Waals surface area contributed by atoms with Gasteiger partial charge in [-0.3, -0.25) is 9.59 Å². The quantitative estimate of drug-likeness (QED) is 0.767. The fraction of sp³-hybridized carbons (Fsp3) is 0.250. The molecule has 2 aliphatic rings. The second-order valence-electron chi connectivity index (χ2n) is 5.64. The molecule has 1 atom stereocenters. The number of halogens is 1. The number of aromatic nitrogens is 1. The molecule has 112 valence electrons. The molecule has 1 aromatic carbocycles. The Morgan fingerprint density at radius 1 is 1.32 bits per heavy atom. The minimum absolute atomic E-state index is 0.0778. The average molecular weight is 360 g/mol. The number of carbonyl (C=O) groups is 2. The number of carbonyl (C=O) groups excluding carboxylic acids is 2. The number of piperazine rings is 1. The first kappa shape index (κ1) is 13.6. The van der Waals surface area contributed by atoms with Gasteiger partial charge in [0.1, 0.15) is 11.7 Å². The number of nitrogens with zero attached hydrogens (tertiary/aromatic N) is 1. The molecular formula is C16H14BrN3O2. The Morgan fingerprint density at radius 2 is 2.18 bits per heavy atom. The summed E-state index contributed by atoms with van der Waals surface area (Å²) in [5.74, 6) is -0.167. The van der Waals surface area contributed by atoms with E-state index in [1.807, 2.05) is 24.4 Å². The van der Waals surface area contributed by atoms with Crippen LogP contribution >= 0.6 is 15.9 Å². The molecule has 5 nitrogen and oxygen atoms in total. The number of H-pyrrole nitrogens is 1. The van der Waals surface area contributed by atoms with Crippen molar-refractivity contribution in [3.8, 4) is 0 Å². The maximum Gasteiger partial charge on any atom is 0.271 e. The molecule has 0 bridgehead atoms. The number of hydrogen-bond acceptors (Lipinski definition) is 2. The molecular weight excluding hydrogens is 346 g/mol. The summed E-state index contributed by atoms with van der Waals surface area (Å²) in [6.07, 6.45) is 5.24. The SMILES string of the molecule is O=C1NC(=Cc2c[nH]c3cc(Br)ccc23)C(=O)N2CCCC12. The Kier molecular flexibility index (Phi) is 3.07. The van der Waals surface area contributed by atoms with Gasteiger partial charge in [0.2, 0.25) is 5.91 Å². The van der Waals surface area contributed by atoms with E-state index < -0.39 is 0 Å². The van der Waals surface area contributed by atoms with Crippen molar-refractivity contribution >= 4 is 44.7 Å². The van der Waals surface area contributed by atoms with Crippen LogP contribution in [0.1, 0.15) is 18.4 Å². The van der Waals surface area contributed by atoms with Gasteiger partial charge in [-0.05, 0) is 31.1 Å². The third-order valence-electron chi connectivity index (χ3n) is 4.28. The summed E-state index contributed by atoms with van der Waals surface area (Å²) >= 11 is 3.44. The zero-order valence-electron chi connectivity index (χ0n) is 11.7. The van der Waals surface area contributed by atoms with Crippen molar-refractivity contribution in [1.29, 1.82) is 0 Å². The standard InChI is InChI=1S/C16H14BrN3O2/c17-10-3-4-11-9(8-18-12(11)7-10)6-13-16(22)20-5-1-2-14(20)15(21)19-13/h3-4,6-8,14,18H,1-2,5H2,(H,19,21). The van der Waals surface area contributed by atoms with Crippen LogP contribution in [0.4, 0.5) is 0 Å². The molecule has 0 radical (unpaired) electrons. The van der Waals surface area contributed by atoms with Crippen LogP contribution < -0.4 is 5.32 Å². The van der Waals surface area contributed by atoms with Crippen molar-refractivity contribution in [3.63, 3.8) is 0 Å². The lowest BCUT2D eigenvalue weighted by Gasteiger charge is -2.30. The molecule has 2 aliphatic heterocycles. The number of aromatic amines is 1. The molecule has 1 aromatic heterocycles. The highest BCUT2D eigenvalue weighted by Gasteiger charge is 2.40. The number of nitrogens with one attached hydrogen (secondary N) is 2. The summed E-state index contributed by atoms with van der Waals surface area (Å²) in [5, 5.41) is 3.77. The molecule has 0 saturated carbocycles. The summed E-state index contributed by atoms with van der Waals surface area (Å²) in [6.45, 7) is 0.662. The summed E-state index contributed by atoms with van der Waals surface area (Å²) < 4.78 is 0.989. The van der Waals surface area contributed by atoms with Crippen LogP contribution in [0.3, 0.4) is 0 Å². The summed E-state index contributed by atoms with van der Waals surface area (Å²) in [4.78, 5) is 29.5. The lowest BCUT2D eigenvalue weighted by molar-refractivity contribution is -0.140. The topological polar surface area (TPSA) is 65.2 Å². The summed E-state index contributed by atoms with van der Waals surface area (Å²) in [5.41, 5.74) is 2.23. The van der Waals surface area contributed by atoms with Crippen LogP contribution in [0.25, 0.3) is 17.0 Å². The van der Waals surface area contributed by atoms with Crippen LogP contribution in [0, 0.1) is 0 Å². The molecule has 0 spiro atoms. The van der Waals surface area contributed by atoms with Gasteiger partial charge in [0.15, 0.2) is 0 Å². The fourth-order valence-electron chi connectivity index (χ4n) is 3.20. The van der Waals surface area contributed by atoms with E-state index in [-0.39, 0.29) is 17.9 Å². The van der Waals surface area contributed by atoms with E-state index in [4.69, 9.17) is 0 Å². The van der Waals surface area contributed by atoms with Crippen molar-refractivity contribution in [3.05, 3.63) is 40.1 Å². The first-order valence-corrected chi connectivity index (χ1v) is 8.03. The molecule has 1 unspecified atom stereocenters. The Balaban J connectivity index is 1.74. The number of amides is 2. The lowest BCUT2D eigenvalue weighted by atomic mass is 10.1. The Morgan fingerprint density at radius 3 is 3.05 bits per heavy atom. The molecule has 2 N–H and O–H groups in total. The van der Waals surface area contributed by atoms with Crippen molar-refractivity contribution in [1.82, 2.24) is 15.2 Å². The minimum atomic E-state index is -0.288. The van der Waals surface area contributed by atoms with Gasteiger partial charge in [0.05, 0.1) is 0 Å². The van der Waals surface area contributed by atoms with E-state index in [0.29, 0.717) is 12.2 Å². The van der Waals surface area contributed by atoms with Gasteiger partial charge in [-0.1, -0.05) is 22.0 Å². The van der Waals surface area contributed by atoms with Crippen molar-refractivity contribution in [2.75, 3.05) is 6.54 Å². The Labute approximate surface area is 135 Å². The molecule has 0 aliphatic carbocycles. The van der Waals surface area contributed by atoms with Gasteiger partial charge >= 0.3 is 0 Å². The van der Waals surface area contributed by atoms with Crippen molar-refractivity contribution in [2.24, 2.45) is 0 Å². The third kappa shape index (κ3) is 2.06. The summed E-state index contributed by atoms with van der Waals surface area (Å²) in [6, 6.07) is 5.63. The molecule has 2 aromatic rings. The van der Waals surface area contributed by atoms with Gasteiger partial charge in [0, 0.05) is 33.7 Å². The van der Waals surface area contributed by atoms with Crippen LogP contribution in [-0.2, 0) is 9.59 Å². The second kappa shape index (κ2) is 4.98. The molecule has 22 heavy (non-hydrogen) atoms. The first-order valence-electron chi connectivity index (χ1n) is 7.23. The monoisotopic (exact) mass is 359 g/mol. The first-order chi connectivity index (χ1) is 10.6. The van der Waals surface area contributed by atoms with Gasteiger partial charge in [0.25, 0.3) is 5.91 Å². The van der Waals surface area contributed by atoms with E-state index >= 15 is 0 Å². The van der Waals surface area contributed by atoms with Gasteiger partial charge < -0.3 is 15.2 Å². The largest absolute Gasteiger partial charge is 0.361 e. The second-order valence-corrected chi connectivity index (χ2v) is 6.55. The average Bonchev–Trinajstić information content (AvgIpc) is 3.12. The van der Waals surface area contributed by atoms with E-state index in [2.05, 4.69) is 26.2 Å². The highest BCUT2D eigenvalue weighted by molar-refractivity contribution is 9.10. The smallest absolute Gasteiger partial charge is 0.271 e. The highest BCUT2D eigenvalue weighted by atomic mass is 79.9. The number of benzene rings is 1. The van der Waals surface area contributed by atoms with Crippen molar-refractivity contribution in [2.45, 2.75) is 18.9 Å². The predicted octanol–water partition coefficient (Wildman–Crippen LogP) is 2.39. The zero-order chi connectivity index (χ0) is 15.3. The lowest BCUT2D eigenvalue weighted by Crippen LogP contribution is -2.53. The van der Waals surface area contributed by atoms with Gasteiger partial charge in [-0.25, -0.2) is 0 Å². The fourth-order valence-corrected chi connectivity index (χ4v) is 3.56. The number of hydrogen-bond donors (Lipinski definition) is 2. The third-order valence-corrected chi connectivity index (χ3v) is 4.77. The van der Waals surface area contributed by atoms with Gasteiger partial charge in [-0.15, -0.1) is 0 Å². The molecule has 6 heteroatoms. The summed E-state index contributed by atoms with van der Waals surface area (Å²) in [7, 11) is 0. The van der Waals surface area contributed by atoms with Crippen molar-refractivity contribution < 1.29 is 9.59 Å². The van der Waals surface area contributed by atoms with Gasteiger partial charge in [-0.2, -0.15) is 0 Å². The molecule has 4 rings (SSSR count). The van der Waals surface area contributed by atoms with E-state index in [1.165, 1.54) is 0 Å². The Hall–Kier alpha value is -2.08. The van der Waals surface area contributed by atoms with Crippen LogP contribution in [0.15, 0.2) is 34.6 Å². The van der Waals surface area contributed by atoms with Crippen LogP contribution in [0.5, 0.6) is 0 Å². The minimum Gasteiger partial charge on any atom is -0.361 e. The molecule has 3 heterocycles. The number of fused-ring (bicyclic) bond motifs is 2.